The average Bonchev–Trinajstić information content (AvgIpc) is 2.97. The molecule has 2 fully saturated rings. The SMILES string of the molecule is Cl.Cl.Oc1ccc([C@@H](C2CCCC2)N2CCNCC2)c(F)c1. The standard InChI is InChI=1S/C16H23FN2O.2ClH/c17-15-11-13(20)5-6-14(15)16(12-3-1-2-4-12)19-9-7-18-8-10-19;;/h5-6,11-12,16,18,20H,1-4,7-10H2;2*1H/t16-;;/m1../s1. The molecule has 0 bridgehead atoms. The lowest BCUT2D eigenvalue weighted by atomic mass is 9.89. The normalized spacial score (nSPS) is 21.0. The summed E-state index contributed by atoms with van der Waals surface area (Å²) in [5.41, 5.74) is 0.761. The maximum absolute atomic E-state index is 14.3. The Balaban J connectivity index is 0.00000121. The molecular weight excluding hydrogens is 326 g/mol. The minimum absolute atomic E-state index is 0. The van der Waals surface area contributed by atoms with Crippen LogP contribution in [0.2, 0.25) is 0 Å². The number of nitrogens with zero attached hydrogens (tertiary/aromatic N) is 1. The van der Waals surface area contributed by atoms with Crippen LogP contribution in [0.15, 0.2) is 18.2 Å². The van der Waals surface area contributed by atoms with Crippen LogP contribution in [0.25, 0.3) is 0 Å². The van der Waals surface area contributed by atoms with E-state index in [0.717, 1.165) is 31.7 Å². The van der Waals surface area contributed by atoms with Crippen LogP contribution in [-0.4, -0.2) is 36.2 Å². The fourth-order valence-corrected chi connectivity index (χ4v) is 3.74. The number of benzene rings is 1. The lowest BCUT2D eigenvalue weighted by Gasteiger charge is -2.38. The van der Waals surface area contributed by atoms with Gasteiger partial charge in [-0.2, -0.15) is 0 Å². The van der Waals surface area contributed by atoms with Crippen LogP contribution in [-0.2, 0) is 0 Å². The number of piperazine rings is 1. The van der Waals surface area contributed by atoms with Crippen molar-refractivity contribution >= 4 is 24.8 Å². The molecule has 22 heavy (non-hydrogen) atoms. The Morgan fingerprint density at radius 3 is 2.36 bits per heavy atom. The van der Waals surface area contributed by atoms with Gasteiger partial charge in [-0.25, -0.2) is 4.39 Å². The van der Waals surface area contributed by atoms with Crippen LogP contribution in [0.5, 0.6) is 5.75 Å². The summed E-state index contributed by atoms with van der Waals surface area (Å²) in [4.78, 5) is 2.42. The van der Waals surface area contributed by atoms with E-state index >= 15 is 0 Å². The van der Waals surface area contributed by atoms with E-state index in [4.69, 9.17) is 0 Å². The highest BCUT2D eigenvalue weighted by atomic mass is 35.5. The van der Waals surface area contributed by atoms with Gasteiger partial charge < -0.3 is 10.4 Å². The zero-order valence-corrected chi connectivity index (χ0v) is 14.3. The molecule has 0 aromatic heterocycles. The lowest BCUT2D eigenvalue weighted by molar-refractivity contribution is 0.122. The summed E-state index contributed by atoms with van der Waals surface area (Å²) in [6.07, 6.45) is 4.89. The third-order valence-corrected chi connectivity index (χ3v) is 4.69. The first kappa shape index (κ1) is 19.5. The molecule has 1 aliphatic carbocycles. The Kier molecular flexibility index (Phi) is 7.90. The first-order valence-electron chi connectivity index (χ1n) is 7.69. The van der Waals surface area contributed by atoms with Crippen molar-refractivity contribution in [1.82, 2.24) is 10.2 Å². The third kappa shape index (κ3) is 4.25. The molecule has 1 atom stereocenters. The average molecular weight is 351 g/mol. The van der Waals surface area contributed by atoms with Crippen LogP contribution in [0, 0.1) is 11.7 Å². The van der Waals surface area contributed by atoms with Gasteiger partial charge in [0.25, 0.3) is 0 Å². The Morgan fingerprint density at radius 2 is 1.77 bits per heavy atom. The van der Waals surface area contributed by atoms with E-state index in [2.05, 4.69) is 10.2 Å². The maximum Gasteiger partial charge on any atom is 0.131 e. The summed E-state index contributed by atoms with van der Waals surface area (Å²) in [6, 6.07) is 4.80. The maximum atomic E-state index is 14.3. The van der Waals surface area contributed by atoms with Gasteiger partial charge in [-0.1, -0.05) is 18.9 Å². The molecule has 0 unspecified atom stereocenters. The molecule has 2 N–H and O–H groups in total. The Bertz CT molecular complexity index is 463. The van der Waals surface area contributed by atoms with Crippen LogP contribution < -0.4 is 5.32 Å². The molecule has 1 saturated heterocycles. The molecule has 0 spiro atoms. The quantitative estimate of drug-likeness (QED) is 0.875. The summed E-state index contributed by atoms with van der Waals surface area (Å²) >= 11 is 0. The van der Waals surface area contributed by atoms with E-state index in [-0.39, 0.29) is 42.4 Å². The van der Waals surface area contributed by atoms with Gasteiger partial charge in [0.2, 0.25) is 0 Å². The summed E-state index contributed by atoms with van der Waals surface area (Å²) in [5.74, 6) is 0.296. The predicted octanol–water partition coefficient (Wildman–Crippen LogP) is 3.51. The van der Waals surface area contributed by atoms with Crippen LogP contribution in [0.1, 0.15) is 37.3 Å². The van der Waals surface area contributed by atoms with Gasteiger partial charge in [0.05, 0.1) is 0 Å². The molecule has 0 radical (unpaired) electrons. The molecule has 1 heterocycles. The van der Waals surface area contributed by atoms with Gasteiger partial charge in [-0.05, 0) is 24.8 Å². The molecule has 1 aliphatic heterocycles. The van der Waals surface area contributed by atoms with E-state index in [1.165, 1.54) is 31.7 Å². The van der Waals surface area contributed by atoms with Crippen molar-refractivity contribution in [3.05, 3.63) is 29.6 Å². The van der Waals surface area contributed by atoms with Gasteiger partial charge in [0, 0.05) is 43.9 Å². The van der Waals surface area contributed by atoms with E-state index in [1.54, 1.807) is 12.1 Å². The molecular formula is C16H25Cl2FN2O. The number of nitrogens with one attached hydrogen (secondary N) is 1. The lowest BCUT2D eigenvalue weighted by Crippen LogP contribution is -2.46. The number of phenols is 1. The molecule has 1 aromatic rings. The molecule has 6 heteroatoms. The molecule has 2 aliphatic rings. The fraction of sp³-hybridized carbons (Fsp3) is 0.625. The van der Waals surface area contributed by atoms with E-state index in [9.17, 15) is 9.50 Å². The zero-order chi connectivity index (χ0) is 13.9. The highest BCUT2D eigenvalue weighted by molar-refractivity contribution is 5.85. The van der Waals surface area contributed by atoms with Crippen molar-refractivity contribution in [2.75, 3.05) is 26.2 Å². The van der Waals surface area contributed by atoms with Gasteiger partial charge in [-0.15, -0.1) is 24.8 Å². The van der Waals surface area contributed by atoms with Gasteiger partial charge in [0.1, 0.15) is 11.6 Å². The van der Waals surface area contributed by atoms with Crippen molar-refractivity contribution < 1.29 is 9.50 Å². The molecule has 0 amide bonds. The molecule has 3 rings (SSSR count). The van der Waals surface area contributed by atoms with Crippen molar-refractivity contribution in [3.63, 3.8) is 0 Å². The van der Waals surface area contributed by atoms with Crippen molar-refractivity contribution in [2.24, 2.45) is 5.92 Å². The van der Waals surface area contributed by atoms with Gasteiger partial charge >= 0.3 is 0 Å². The van der Waals surface area contributed by atoms with E-state index < -0.39 is 0 Å². The first-order valence-corrected chi connectivity index (χ1v) is 7.69. The summed E-state index contributed by atoms with van der Waals surface area (Å²) in [6.45, 7) is 3.90. The van der Waals surface area contributed by atoms with Crippen molar-refractivity contribution in [2.45, 2.75) is 31.7 Å². The summed E-state index contributed by atoms with van der Waals surface area (Å²) < 4.78 is 14.3. The highest BCUT2D eigenvalue weighted by Gasteiger charge is 2.33. The number of rotatable bonds is 3. The Labute approximate surface area is 144 Å². The van der Waals surface area contributed by atoms with Crippen molar-refractivity contribution in [1.29, 1.82) is 0 Å². The van der Waals surface area contributed by atoms with Crippen LogP contribution in [0.3, 0.4) is 0 Å². The largest absolute Gasteiger partial charge is 0.508 e. The van der Waals surface area contributed by atoms with Crippen LogP contribution >= 0.6 is 24.8 Å². The summed E-state index contributed by atoms with van der Waals surface area (Å²) in [5, 5.41) is 12.8. The monoisotopic (exact) mass is 350 g/mol. The number of halogens is 3. The smallest absolute Gasteiger partial charge is 0.131 e. The molecule has 126 valence electrons. The minimum Gasteiger partial charge on any atom is -0.508 e. The number of hydrogen-bond donors (Lipinski definition) is 2. The number of hydrogen-bond acceptors (Lipinski definition) is 3. The van der Waals surface area contributed by atoms with Crippen molar-refractivity contribution in [3.8, 4) is 5.75 Å². The van der Waals surface area contributed by atoms with E-state index in [1.807, 2.05) is 0 Å². The summed E-state index contributed by atoms with van der Waals surface area (Å²) in [7, 11) is 0. The second-order valence-corrected chi connectivity index (χ2v) is 5.98. The minimum atomic E-state index is -0.263. The zero-order valence-electron chi connectivity index (χ0n) is 12.6. The Morgan fingerprint density at radius 1 is 1.14 bits per heavy atom. The molecule has 1 aromatic carbocycles. The first-order chi connectivity index (χ1) is 9.75. The fourth-order valence-electron chi connectivity index (χ4n) is 3.74. The number of aromatic hydroxyl groups is 1. The topological polar surface area (TPSA) is 35.5 Å². The third-order valence-electron chi connectivity index (χ3n) is 4.69. The van der Waals surface area contributed by atoms with Gasteiger partial charge in [-0.3, -0.25) is 4.90 Å². The Hall–Kier alpha value is -0.550. The second kappa shape index (κ2) is 8.92. The molecule has 1 saturated carbocycles. The van der Waals surface area contributed by atoms with E-state index in [0.29, 0.717) is 5.92 Å². The predicted molar refractivity (Wildman–Crippen MR) is 91.7 cm³/mol. The molecule has 3 nitrogen and oxygen atoms in total. The highest BCUT2D eigenvalue weighted by Crippen LogP contribution is 2.40. The second-order valence-electron chi connectivity index (χ2n) is 5.98. The van der Waals surface area contributed by atoms with Gasteiger partial charge in [0.15, 0.2) is 0 Å². The number of phenolic OH excluding ortho intramolecular Hbond substituents is 1. The van der Waals surface area contributed by atoms with Crippen LogP contribution in [0.4, 0.5) is 4.39 Å².